The van der Waals surface area contributed by atoms with Gasteiger partial charge in [-0.15, -0.1) is 5.10 Å². The van der Waals surface area contributed by atoms with Gasteiger partial charge in [-0.3, -0.25) is 4.79 Å². The maximum absolute atomic E-state index is 13.8. The van der Waals surface area contributed by atoms with Crippen molar-refractivity contribution in [1.29, 1.82) is 0 Å². The number of carboxylic acids is 1. The maximum atomic E-state index is 13.8. The average molecular weight is 299 g/mol. The maximum Gasteiger partial charge on any atom is 0.306 e. The molecule has 0 aliphatic rings. The number of carbonyl (C=O) groups is 1. The van der Waals surface area contributed by atoms with E-state index in [0.29, 0.717) is 11.4 Å². The Balaban J connectivity index is 2.24. The van der Waals surface area contributed by atoms with Crippen molar-refractivity contribution in [2.24, 2.45) is 5.92 Å². The van der Waals surface area contributed by atoms with Crippen LogP contribution in [0.2, 0.25) is 5.02 Å². The molecule has 0 radical (unpaired) electrons. The number of hydrogen-bond donors (Lipinski definition) is 1. The number of aryl methyl sites for hydroxylation is 1. The van der Waals surface area contributed by atoms with E-state index in [1.165, 1.54) is 22.9 Å². The molecule has 2 rings (SSSR count). The van der Waals surface area contributed by atoms with Crippen LogP contribution in [0, 0.1) is 11.7 Å². The van der Waals surface area contributed by atoms with Crippen molar-refractivity contribution >= 4 is 17.6 Å². The summed E-state index contributed by atoms with van der Waals surface area (Å²) in [5.74, 6) is -1.69. The number of aliphatic carboxylic acids is 1. The van der Waals surface area contributed by atoms with Gasteiger partial charge in [0.15, 0.2) is 5.82 Å². The van der Waals surface area contributed by atoms with E-state index in [1.807, 2.05) is 0 Å². The number of benzene rings is 1. The summed E-state index contributed by atoms with van der Waals surface area (Å²) in [4.78, 5) is 10.8. The SMILES string of the molecule is CC(CCn1nnnc1-c1cc(Cl)ccc1F)C(=O)O. The first-order chi connectivity index (χ1) is 9.49. The Kier molecular flexibility index (Phi) is 4.29. The third kappa shape index (κ3) is 3.11. The van der Waals surface area contributed by atoms with E-state index >= 15 is 0 Å². The molecule has 1 N–H and O–H groups in total. The van der Waals surface area contributed by atoms with Crippen molar-refractivity contribution in [1.82, 2.24) is 20.2 Å². The predicted molar refractivity (Wildman–Crippen MR) is 69.6 cm³/mol. The second kappa shape index (κ2) is 5.96. The highest BCUT2D eigenvalue weighted by Gasteiger charge is 2.16. The van der Waals surface area contributed by atoms with Crippen LogP contribution in [0.3, 0.4) is 0 Å². The van der Waals surface area contributed by atoms with E-state index in [9.17, 15) is 9.18 Å². The fourth-order valence-corrected chi connectivity index (χ4v) is 1.83. The van der Waals surface area contributed by atoms with Gasteiger partial charge in [0.05, 0.1) is 11.5 Å². The fourth-order valence-electron chi connectivity index (χ4n) is 1.66. The summed E-state index contributed by atoms with van der Waals surface area (Å²) in [6.45, 7) is 1.87. The van der Waals surface area contributed by atoms with Crippen LogP contribution in [-0.4, -0.2) is 31.3 Å². The second-order valence-electron chi connectivity index (χ2n) is 4.38. The van der Waals surface area contributed by atoms with Crippen molar-refractivity contribution in [3.05, 3.63) is 29.0 Å². The Morgan fingerprint density at radius 2 is 2.30 bits per heavy atom. The Bertz CT molecular complexity index is 632. The number of halogens is 2. The first-order valence-corrected chi connectivity index (χ1v) is 6.31. The van der Waals surface area contributed by atoms with Crippen LogP contribution >= 0.6 is 11.6 Å². The normalized spacial score (nSPS) is 12.3. The summed E-state index contributed by atoms with van der Waals surface area (Å²) < 4.78 is 15.1. The van der Waals surface area contributed by atoms with Gasteiger partial charge in [-0.1, -0.05) is 18.5 Å². The molecule has 0 amide bonds. The molecule has 0 bridgehead atoms. The zero-order valence-corrected chi connectivity index (χ0v) is 11.4. The minimum absolute atomic E-state index is 0.186. The molecule has 0 saturated carbocycles. The van der Waals surface area contributed by atoms with Gasteiger partial charge < -0.3 is 5.11 Å². The van der Waals surface area contributed by atoms with Gasteiger partial charge in [0.2, 0.25) is 0 Å². The van der Waals surface area contributed by atoms with E-state index in [0.717, 1.165) is 0 Å². The molecule has 1 atom stereocenters. The molecule has 0 saturated heterocycles. The van der Waals surface area contributed by atoms with Crippen LogP contribution in [-0.2, 0) is 11.3 Å². The van der Waals surface area contributed by atoms with E-state index < -0.39 is 17.7 Å². The summed E-state index contributed by atoms with van der Waals surface area (Å²) in [5.41, 5.74) is 0.186. The fraction of sp³-hybridized carbons (Fsp3) is 0.333. The minimum Gasteiger partial charge on any atom is -0.481 e. The lowest BCUT2D eigenvalue weighted by molar-refractivity contribution is -0.141. The first-order valence-electron chi connectivity index (χ1n) is 5.93. The third-order valence-electron chi connectivity index (χ3n) is 2.90. The summed E-state index contributed by atoms with van der Waals surface area (Å²) in [7, 11) is 0. The largest absolute Gasteiger partial charge is 0.481 e. The summed E-state index contributed by atoms with van der Waals surface area (Å²) in [6.07, 6.45) is 0.343. The summed E-state index contributed by atoms with van der Waals surface area (Å²) >= 11 is 5.83. The zero-order valence-electron chi connectivity index (χ0n) is 10.6. The van der Waals surface area contributed by atoms with Gasteiger partial charge in [0.25, 0.3) is 0 Å². The number of tetrazole rings is 1. The van der Waals surface area contributed by atoms with Crippen molar-refractivity contribution in [3.63, 3.8) is 0 Å². The third-order valence-corrected chi connectivity index (χ3v) is 3.13. The quantitative estimate of drug-likeness (QED) is 0.915. The van der Waals surface area contributed by atoms with Crippen LogP contribution in [0.15, 0.2) is 18.2 Å². The van der Waals surface area contributed by atoms with Crippen LogP contribution < -0.4 is 0 Å². The molecular formula is C12H12ClFN4O2. The lowest BCUT2D eigenvalue weighted by atomic mass is 10.1. The average Bonchev–Trinajstić information content (AvgIpc) is 2.86. The van der Waals surface area contributed by atoms with E-state index in [4.69, 9.17) is 16.7 Å². The molecule has 2 aromatic rings. The Labute approximate surface area is 119 Å². The van der Waals surface area contributed by atoms with Crippen LogP contribution in [0.5, 0.6) is 0 Å². The molecular weight excluding hydrogens is 287 g/mol. The first kappa shape index (κ1) is 14.4. The van der Waals surface area contributed by atoms with E-state index in [2.05, 4.69) is 15.5 Å². The molecule has 0 aliphatic carbocycles. The van der Waals surface area contributed by atoms with Gasteiger partial charge in [0.1, 0.15) is 5.82 Å². The highest BCUT2D eigenvalue weighted by molar-refractivity contribution is 6.30. The predicted octanol–water partition coefficient (Wildman–Crippen LogP) is 2.24. The zero-order chi connectivity index (χ0) is 14.7. The van der Waals surface area contributed by atoms with E-state index in [-0.39, 0.29) is 17.9 Å². The molecule has 20 heavy (non-hydrogen) atoms. The summed E-state index contributed by atoms with van der Waals surface area (Å²) in [5, 5.41) is 20.2. The van der Waals surface area contributed by atoms with Gasteiger partial charge >= 0.3 is 5.97 Å². The number of carboxylic acid groups (broad SMARTS) is 1. The molecule has 1 unspecified atom stereocenters. The number of rotatable bonds is 5. The molecule has 1 aromatic heterocycles. The molecule has 6 nitrogen and oxygen atoms in total. The molecule has 106 valence electrons. The molecule has 8 heteroatoms. The molecule has 1 heterocycles. The Morgan fingerprint density at radius 3 is 3.00 bits per heavy atom. The highest BCUT2D eigenvalue weighted by Crippen LogP contribution is 2.24. The topological polar surface area (TPSA) is 80.9 Å². The van der Waals surface area contributed by atoms with Crippen molar-refractivity contribution in [2.45, 2.75) is 19.9 Å². The van der Waals surface area contributed by atoms with Crippen LogP contribution in [0.1, 0.15) is 13.3 Å². The number of hydrogen-bond acceptors (Lipinski definition) is 4. The standard InChI is InChI=1S/C12H12ClFN4O2/c1-7(12(19)20)4-5-18-11(15-16-17-18)9-6-8(13)2-3-10(9)14/h2-3,6-7H,4-5H2,1H3,(H,19,20). The second-order valence-corrected chi connectivity index (χ2v) is 4.81. The Hall–Kier alpha value is -2.02. The van der Waals surface area contributed by atoms with Gasteiger partial charge in [-0.2, -0.15) is 0 Å². The summed E-state index contributed by atoms with van der Waals surface area (Å²) in [6, 6.07) is 4.09. The monoisotopic (exact) mass is 298 g/mol. The minimum atomic E-state index is -0.895. The van der Waals surface area contributed by atoms with E-state index in [1.54, 1.807) is 6.92 Å². The van der Waals surface area contributed by atoms with Crippen molar-refractivity contribution < 1.29 is 14.3 Å². The number of aromatic nitrogens is 4. The van der Waals surface area contributed by atoms with Gasteiger partial charge in [-0.05, 0) is 35.0 Å². The smallest absolute Gasteiger partial charge is 0.306 e. The van der Waals surface area contributed by atoms with Crippen molar-refractivity contribution in [3.8, 4) is 11.4 Å². The molecule has 0 fully saturated rings. The van der Waals surface area contributed by atoms with Gasteiger partial charge in [-0.25, -0.2) is 9.07 Å². The lowest BCUT2D eigenvalue weighted by Crippen LogP contribution is -2.14. The lowest BCUT2D eigenvalue weighted by Gasteiger charge is -2.08. The number of nitrogens with zero attached hydrogens (tertiary/aromatic N) is 4. The Morgan fingerprint density at radius 1 is 1.55 bits per heavy atom. The molecule has 1 aromatic carbocycles. The molecule has 0 aliphatic heterocycles. The van der Waals surface area contributed by atoms with Crippen molar-refractivity contribution in [2.75, 3.05) is 0 Å². The van der Waals surface area contributed by atoms with Crippen LogP contribution in [0.25, 0.3) is 11.4 Å². The van der Waals surface area contributed by atoms with Crippen LogP contribution in [0.4, 0.5) is 4.39 Å². The van der Waals surface area contributed by atoms with Gasteiger partial charge in [0, 0.05) is 11.6 Å². The highest BCUT2D eigenvalue weighted by atomic mass is 35.5. The molecule has 0 spiro atoms.